The van der Waals surface area contributed by atoms with Crippen LogP contribution in [0.4, 0.5) is 13.2 Å². The van der Waals surface area contributed by atoms with Crippen molar-refractivity contribution in [3.05, 3.63) is 39.8 Å². The summed E-state index contributed by atoms with van der Waals surface area (Å²) in [5.74, 6) is -1.02. The summed E-state index contributed by atoms with van der Waals surface area (Å²) in [7, 11) is 0. The standard InChI is InChI=1S/C23H29F3N4O4/c1-13(2)21-17-10-15(23(24,25)26)4-5-16(17)22(34)30(28-21)12-20(33)27-18-11-29(8-6-14(3)31)9-7-19(18)32/h4-5,10,13-14,18,31H,6-9,11-12H2,1-3H3,(H,27,33)/t14-,18-/m0/s1. The van der Waals surface area contributed by atoms with Gasteiger partial charge in [0.05, 0.1) is 22.7 Å². The summed E-state index contributed by atoms with van der Waals surface area (Å²) >= 11 is 0. The molecule has 8 nitrogen and oxygen atoms in total. The number of piperidine rings is 1. The highest BCUT2D eigenvalue weighted by molar-refractivity contribution is 5.90. The molecule has 1 aromatic carbocycles. The lowest BCUT2D eigenvalue weighted by Gasteiger charge is -2.32. The van der Waals surface area contributed by atoms with Gasteiger partial charge < -0.3 is 15.3 Å². The third-order valence-corrected chi connectivity index (χ3v) is 5.86. The van der Waals surface area contributed by atoms with E-state index in [1.165, 1.54) is 0 Å². The average molecular weight is 483 g/mol. The van der Waals surface area contributed by atoms with Crippen molar-refractivity contribution < 1.29 is 27.9 Å². The van der Waals surface area contributed by atoms with E-state index in [1.807, 2.05) is 4.90 Å². The van der Waals surface area contributed by atoms with E-state index in [-0.39, 0.29) is 34.6 Å². The number of benzene rings is 1. The molecule has 2 atom stereocenters. The van der Waals surface area contributed by atoms with Crippen molar-refractivity contribution in [2.24, 2.45) is 0 Å². The van der Waals surface area contributed by atoms with Crippen molar-refractivity contribution in [3.8, 4) is 0 Å². The molecule has 2 aromatic rings. The van der Waals surface area contributed by atoms with Gasteiger partial charge in [-0.15, -0.1) is 0 Å². The molecule has 1 aliphatic rings. The zero-order valence-corrected chi connectivity index (χ0v) is 19.4. The van der Waals surface area contributed by atoms with Gasteiger partial charge in [-0.05, 0) is 37.5 Å². The van der Waals surface area contributed by atoms with E-state index >= 15 is 0 Å². The summed E-state index contributed by atoms with van der Waals surface area (Å²) in [6.07, 6.45) is -4.23. The molecule has 0 bridgehead atoms. The molecular formula is C23H29F3N4O4. The number of aliphatic hydroxyl groups is 1. The molecule has 1 aliphatic heterocycles. The Kier molecular flexibility index (Phi) is 7.77. The Morgan fingerprint density at radius 3 is 2.56 bits per heavy atom. The van der Waals surface area contributed by atoms with E-state index in [2.05, 4.69) is 10.4 Å². The number of nitrogens with one attached hydrogen (secondary N) is 1. The van der Waals surface area contributed by atoms with Crippen LogP contribution in [0.3, 0.4) is 0 Å². The van der Waals surface area contributed by atoms with E-state index in [9.17, 15) is 32.7 Å². The first kappa shape index (κ1) is 25.8. The van der Waals surface area contributed by atoms with E-state index in [1.54, 1.807) is 20.8 Å². The van der Waals surface area contributed by atoms with Crippen LogP contribution in [0, 0.1) is 0 Å². The van der Waals surface area contributed by atoms with Gasteiger partial charge in [-0.25, -0.2) is 4.68 Å². The molecule has 1 fully saturated rings. The Balaban J connectivity index is 1.82. The smallest absolute Gasteiger partial charge is 0.393 e. The van der Waals surface area contributed by atoms with Gasteiger partial charge in [-0.2, -0.15) is 18.3 Å². The second kappa shape index (κ2) is 10.2. The number of aromatic nitrogens is 2. The highest BCUT2D eigenvalue weighted by Crippen LogP contribution is 2.32. The first-order valence-corrected chi connectivity index (χ1v) is 11.2. The number of Topliss-reactive ketones (excluding diaryl/α,β-unsaturated/α-hetero) is 1. The van der Waals surface area contributed by atoms with Crippen molar-refractivity contribution in [2.75, 3.05) is 19.6 Å². The molecule has 0 aliphatic carbocycles. The molecule has 186 valence electrons. The highest BCUT2D eigenvalue weighted by atomic mass is 19.4. The van der Waals surface area contributed by atoms with Crippen LogP contribution >= 0.6 is 0 Å². The van der Waals surface area contributed by atoms with Crippen molar-refractivity contribution in [1.82, 2.24) is 20.0 Å². The lowest BCUT2D eigenvalue weighted by molar-refractivity contribution is -0.137. The van der Waals surface area contributed by atoms with Gasteiger partial charge in [0, 0.05) is 31.4 Å². The summed E-state index contributed by atoms with van der Waals surface area (Å²) < 4.78 is 40.4. The molecule has 0 unspecified atom stereocenters. The summed E-state index contributed by atoms with van der Waals surface area (Å²) in [5.41, 5.74) is -1.29. The predicted molar refractivity (Wildman–Crippen MR) is 119 cm³/mol. The Labute approximate surface area is 194 Å². The molecule has 3 rings (SSSR count). The molecule has 0 radical (unpaired) electrons. The molecule has 0 saturated carbocycles. The minimum atomic E-state index is -4.56. The zero-order chi connectivity index (χ0) is 25.2. The van der Waals surface area contributed by atoms with Gasteiger partial charge in [-0.3, -0.25) is 14.4 Å². The summed E-state index contributed by atoms with van der Waals surface area (Å²) in [6, 6.07) is 2.10. The van der Waals surface area contributed by atoms with Crippen LogP contribution in [-0.4, -0.2) is 63.3 Å². The highest BCUT2D eigenvalue weighted by Gasteiger charge is 2.32. The predicted octanol–water partition coefficient (Wildman–Crippen LogP) is 2.07. The van der Waals surface area contributed by atoms with Gasteiger partial charge in [0.15, 0.2) is 5.78 Å². The molecule has 1 aromatic heterocycles. The van der Waals surface area contributed by atoms with Crippen LogP contribution in [0.5, 0.6) is 0 Å². The first-order chi connectivity index (χ1) is 15.9. The molecule has 1 saturated heterocycles. The number of halogens is 3. The number of alkyl halides is 3. The number of carbonyl (C=O) groups is 2. The van der Waals surface area contributed by atoms with Crippen molar-refractivity contribution in [2.45, 2.75) is 64.4 Å². The maximum Gasteiger partial charge on any atom is 0.416 e. The minimum Gasteiger partial charge on any atom is -0.393 e. The van der Waals surface area contributed by atoms with Crippen LogP contribution < -0.4 is 10.9 Å². The number of hydrogen-bond acceptors (Lipinski definition) is 6. The third-order valence-electron chi connectivity index (χ3n) is 5.86. The molecule has 1 amide bonds. The fourth-order valence-corrected chi connectivity index (χ4v) is 3.99. The molecular weight excluding hydrogens is 453 g/mol. The quantitative estimate of drug-likeness (QED) is 0.626. The number of fused-ring (bicyclic) bond motifs is 1. The van der Waals surface area contributed by atoms with Crippen molar-refractivity contribution in [3.63, 3.8) is 0 Å². The van der Waals surface area contributed by atoms with Crippen LogP contribution in [0.15, 0.2) is 23.0 Å². The van der Waals surface area contributed by atoms with Gasteiger partial charge >= 0.3 is 6.18 Å². The molecule has 0 spiro atoms. The summed E-state index contributed by atoms with van der Waals surface area (Å²) in [6.45, 7) is 6.11. The van der Waals surface area contributed by atoms with Gasteiger partial charge in [0.2, 0.25) is 5.91 Å². The van der Waals surface area contributed by atoms with Crippen LogP contribution in [0.1, 0.15) is 50.8 Å². The third kappa shape index (κ3) is 6.01. The van der Waals surface area contributed by atoms with Crippen molar-refractivity contribution in [1.29, 1.82) is 0 Å². The van der Waals surface area contributed by atoms with Gasteiger partial charge in [0.1, 0.15) is 12.6 Å². The lowest BCUT2D eigenvalue weighted by atomic mass is 10.0. The maximum atomic E-state index is 13.2. The number of hydrogen-bond donors (Lipinski definition) is 2. The second-order valence-electron chi connectivity index (χ2n) is 9.04. The Morgan fingerprint density at radius 1 is 1.24 bits per heavy atom. The van der Waals surface area contributed by atoms with Crippen molar-refractivity contribution >= 4 is 22.5 Å². The van der Waals surface area contributed by atoms with E-state index in [0.29, 0.717) is 26.1 Å². The number of ketones is 1. The Morgan fingerprint density at radius 2 is 1.94 bits per heavy atom. The summed E-state index contributed by atoms with van der Waals surface area (Å²) in [5, 5.41) is 16.4. The van der Waals surface area contributed by atoms with Crippen LogP contribution in [0.25, 0.3) is 10.8 Å². The second-order valence-corrected chi connectivity index (χ2v) is 9.04. The fraction of sp³-hybridized carbons (Fsp3) is 0.565. The van der Waals surface area contributed by atoms with Gasteiger partial charge in [-0.1, -0.05) is 13.8 Å². The fourth-order valence-electron chi connectivity index (χ4n) is 3.99. The molecule has 2 N–H and O–H groups in total. The molecule has 11 heteroatoms. The average Bonchev–Trinajstić information content (AvgIpc) is 2.75. The lowest BCUT2D eigenvalue weighted by Crippen LogP contribution is -2.54. The monoisotopic (exact) mass is 482 g/mol. The number of carbonyl (C=O) groups excluding carboxylic acids is 2. The van der Waals surface area contributed by atoms with E-state index in [4.69, 9.17) is 0 Å². The summed E-state index contributed by atoms with van der Waals surface area (Å²) in [4.78, 5) is 39.9. The first-order valence-electron chi connectivity index (χ1n) is 11.2. The SMILES string of the molecule is CC(C)c1nn(CC(=O)N[C@H]2CN(CC[C@H](C)O)CCC2=O)c(=O)c2ccc(C(F)(F)F)cc12. The normalized spacial score (nSPS) is 18.5. The van der Waals surface area contributed by atoms with E-state index in [0.717, 1.165) is 22.9 Å². The number of likely N-dealkylation sites (tertiary alicyclic amines) is 1. The number of amides is 1. The van der Waals surface area contributed by atoms with Crippen LogP contribution in [-0.2, 0) is 22.3 Å². The number of rotatable bonds is 7. The minimum absolute atomic E-state index is 0.0394. The molecule has 34 heavy (non-hydrogen) atoms. The zero-order valence-electron chi connectivity index (χ0n) is 19.4. The van der Waals surface area contributed by atoms with Gasteiger partial charge in [0.25, 0.3) is 5.56 Å². The molecule has 2 heterocycles. The largest absolute Gasteiger partial charge is 0.416 e. The topological polar surface area (TPSA) is 105 Å². The Hall–Kier alpha value is -2.79. The van der Waals surface area contributed by atoms with Crippen LogP contribution in [0.2, 0.25) is 0 Å². The number of aliphatic hydroxyl groups excluding tert-OH is 1. The maximum absolute atomic E-state index is 13.2. The number of nitrogens with zero attached hydrogens (tertiary/aromatic N) is 3. The Bertz CT molecular complexity index is 1130. The van der Waals surface area contributed by atoms with E-state index < -0.39 is 41.9 Å².